The summed E-state index contributed by atoms with van der Waals surface area (Å²) < 4.78 is 31.6. The topological polar surface area (TPSA) is 153 Å². The normalized spacial score (nSPS) is 11.5. The van der Waals surface area contributed by atoms with Gasteiger partial charge in [-0.25, -0.2) is 9.36 Å². The first-order valence-electron chi connectivity index (χ1n) is 12.6. The Bertz CT molecular complexity index is 1460. The van der Waals surface area contributed by atoms with Crippen molar-refractivity contribution in [2.24, 2.45) is 5.73 Å². The number of alkyl carbamates (subject to hydrolysis) is 1. The highest BCUT2D eigenvalue weighted by molar-refractivity contribution is 7.55. The van der Waals surface area contributed by atoms with Crippen LogP contribution in [-0.2, 0) is 20.7 Å². The molecule has 0 spiro atoms. The number of nitrogens with one attached hydrogen (secondary N) is 3. The Labute approximate surface area is 237 Å². The molecule has 0 aliphatic carbocycles. The summed E-state index contributed by atoms with van der Waals surface area (Å²) in [7, 11) is -4.25. The predicted molar refractivity (Wildman–Crippen MR) is 155 cm³/mol. The number of carbonyl (C=O) groups is 2. The SMILES string of the molecule is N=C(N)c1ccc(C(NC(=O)CNC(=O)OCc2ccccc2)P(=O)(Oc2ccccc2)Oc2ccccc2)cc1. The highest BCUT2D eigenvalue weighted by Gasteiger charge is 2.42. The monoisotopic (exact) mass is 572 g/mol. The van der Waals surface area contributed by atoms with Crippen molar-refractivity contribution in [2.45, 2.75) is 12.4 Å². The maximum atomic E-state index is 14.6. The van der Waals surface area contributed by atoms with E-state index in [1.54, 1.807) is 97.1 Å². The molecule has 5 N–H and O–H groups in total. The standard InChI is InChI=1S/C30H29N4O6P/c31-28(32)23-16-18-24(19-17-23)29(34-27(35)20-33-30(36)38-21-22-10-4-1-5-11-22)41(37,39-25-12-6-2-7-13-25)40-26-14-8-3-9-15-26/h1-19,29H,20-21H2,(H3,31,32)(H,33,36)(H,34,35). The molecule has 41 heavy (non-hydrogen) atoms. The van der Waals surface area contributed by atoms with E-state index < -0.39 is 31.9 Å². The Morgan fingerprint density at radius 2 is 1.29 bits per heavy atom. The minimum atomic E-state index is -4.25. The van der Waals surface area contributed by atoms with Crippen LogP contribution < -0.4 is 25.4 Å². The summed E-state index contributed by atoms with van der Waals surface area (Å²) >= 11 is 0. The third kappa shape index (κ3) is 8.45. The molecule has 0 aliphatic rings. The molecule has 0 saturated carbocycles. The van der Waals surface area contributed by atoms with Gasteiger partial charge in [0.25, 0.3) is 0 Å². The minimum Gasteiger partial charge on any atom is -0.445 e. The summed E-state index contributed by atoms with van der Waals surface area (Å²) in [6, 6.07) is 32.2. The van der Waals surface area contributed by atoms with E-state index >= 15 is 0 Å². The van der Waals surface area contributed by atoms with Gasteiger partial charge >= 0.3 is 13.7 Å². The van der Waals surface area contributed by atoms with E-state index in [0.717, 1.165) is 5.56 Å². The summed E-state index contributed by atoms with van der Waals surface area (Å²) in [6.07, 6.45) is -0.796. The van der Waals surface area contributed by atoms with Crippen LogP contribution in [0.25, 0.3) is 0 Å². The van der Waals surface area contributed by atoms with Gasteiger partial charge in [0.2, 0.25) is 5.91 Å². The quantitative estimate of drug-likeness (QED) is 0.101. The lowest BCUT2D eigenvalue weighted by Crippen LogP contribution is -2.39. The van der Waals surface area contributed by atoms with Gasteiger partial charge in [-0.3, -0.25) is 10.2 Å². The van der Waals surface area contributed by atoms with Gasteiger partial charge in [0.05, 0.1) is 0 Å². The highest BCUT2D eigenvalue weighted by Crippen LogP contribution is 2.58. The molecule has 2 amide bonds. The van der Waals surface area contributed by atoms with Crippen LogP contribution in [0, 0.1) is 5.41 Å². The molecule has 1 unspecified atom stereocenters. The van der Waals surface area contributed by atoms with Crippen LogP contribution in [-0.4, -0.2) is 24.4 Å². The molecule has 0 heterocycles. The third-order valence-corrected chi connectivity index (χ3v) is 7.70. The number of amides is 2. The fraction of sp³-hybridized carbons (Fsp3) is 0.100. The Balaban J connectivity index is 1.57. The first kappa shape index (κ1) is 28.9. The van der Waals surface area contributed by atoms with Gasteiger partial charge < -0.3 is 30.2 Å². The van der Waals surface area contributed by atoms with Crippen LogP contribution in [0.5, 0.6) is 11.5 Å². The maximum Gasteiger partial charge on any atom is 0.457 e. The lowest BCUT2D eigenvalue weighted by Gasteiger charge is -2.28. The van der Waals surface area contributed by atoms with Crippen LogP contribution in [0.1, 0.15) is 22.5 Å². The lowest BCUT2D eigenvalue weighted by atomic mass is 10.1. The number of carbonyl (C=O) groups excluding carboxylic acids is 2. The van der Waals surface area contributed by atoms with Crippen LogP contribution in [0.4, 0.5) is 4.79 Å². The van der Waals surface area contributed by atoms with Gasteiger partial charge in [0.1, 0.15) is 30.5 Å². The van der Waals surface area contributed by atoms with Crippen molar-refractivity contribution in [1.82, 2.24) is 10.6 Å². The van der Waals surface area contributed by atoms with E-state index in [9.17, 15) is 14.2 Å². The number of benzene rings is 4. The van der Waals surface area contributed by atoms with E-state index in [1.807, 2.05) is 18.2 Å². The molecular formula is C30H29N4O6P. The number of para-hydroxylation sites is 2. The van der Waals surface area contributed by atoms with Crippen molar-refractivity contribution in [3.8, 4) is 11.5 Å². The minimum absolute atomic E-state index is 0.0322. The second-order valence-electron chi connectivity index (χ2n) is 8.77. The van der Waals surface area contributed by atoms with Gasteiger partial charge in [-0.1, -0.05) is 91.0 Å². The third-order valence-electron chi connectivity index (χ3n) is 5.71. The van der Waals surface area contributed by atoms with Crippen LogP contribution in [0.2, 0.25) is 0 Å². The van der Waals surface area contributed by atoms with Crippen molar-refractivity contribution in [3.63, 3.8) is 0 Å². The largest absolute Gasteiger partial charge is 0.457 e. The summed E-state index contributed by atoms with van der Waals surface area (Å²) in [5.74, 6) is -1.61. The Kier molecular flexibility index (Phi) is 9.75. The van der Waals surface area contributed by atoms with E-state index in [0.29, 0.717) is 11.1 Å². The maximum absolute atomic E-state index is 14.6. The van der Waals surface area contributed by atoms with Crippen LogP contribution in [0.15, 0.2) is 115 Å². The second kappa shape index (κ2) is 13.8. The average Bonchev–Trinajstić information content (AvgIpc) is 2.99. The predicted octanol–water partition coefficient (Wildman–Crippen LogP) is 5.36. The van der Waals surface area contributed by atoms with Crippen molar-refractivity contribution < 1.29 is 27.9 Å². The van der Waals surface area contributed by atoms with Gasteiger partial charge in [-0.2, -0.15) is 0 Å². The zero-order chi connectivity index (χ0) is 29.1. The molecule has 4 rings (SSSR count). The van der Waals surface area contributed by atoms with Gasteiger partial charge in [-0.05, 0) is 35.4 Å². The number of nitrogen functional groups attached to an aromatic ring is 1. The summed E-state index contributed by atoms with van der Waals surface area (Å²) in [6.45, 7) is -0.434. The number of rotatable bonds is 12. The van der Waals surface area contributed by atoms with Crippen LogP contribution in [0.3, 0.4) is 0 Å². The zero-order valence-electron chi connectivity index (χ0n) is 21.9. The molecule has 1 atom stereocenters. The Morgan fingerprint density at radius 3 is 1.80 bits per heavy atom. The van der Waals surface area contributed by atoms with Crippen molar-refractivity contribution in [1.29, 1.82) is 5.41 Å². The summed E-state index contributed by atoms with van der Waals surface area (Å²) in [4.78, 5) is 25.3. The average molecular weight is 573 g/mol. The van der Waals surface area contributed by atoms with Crippen LogP contribution >= 0.6 is 7.60 Å². The molecule has 0 radical (unpaired) electrons. The Morgan fingerprint density at radius 1 is 0.780 bits per heavy atom. The first-order chi connectivity index (χ1) is 19.8. The molecule has 4 aromatic rings. The molecule has 0 saturated heterocycles. The molecule has 0 aliphatic heterocycles. The van der Waals surface area contributed by atoms with E-state index in [-0.39, 0.29) is 23.9 Å². The summed E-state index contributed by atoms with van der Waals surface area (Å²) in [5, 5.41) is 12.8. The fourth-order valence-electron chi connectivity index (χ4n) is 3.70. The second-order valence-corrected chi connectivity index (χ2v) is 10.7. The number of ether oxygens (including phenoxy) is 1. The van der Waals surface area contributed by atoms with Crippen molar-refractivity contribution in [3.05, 3.63) is 132 Å². The summed E-state index contributed by atoms with van der Waals surface area (Å²) in [5.41, 5.74) is 7.19. The first-order valence-corrected chi connectivity index (χ1v) is 14.2. The number of hydrogen-bond donors (Lipinski definition) is 4. The smallest absolute Gasteiger partial charge is 0.445 e. The molecule has 0 aromatic heterocycles. The molecule has 0 fully saturated rings. The number of amidine groups is 1. The number of hydrogen-bond acceptors (Lipinski definition) is 7. The van der Waals surface area contributed by atoms with E-state index in [2.05, 4.69) is 10.6 Å². The Hall–Kier alpha value is -5.08. The molecule has 10 nitrogen and oxygen atoms in total. The molecule has 0 bridgehead atoms. The molecule has 4 aromatic carbocycles. The molecule has 210 valence electrons. The van der Waals surface area contributed by atoms with E-state index in [4.69, 9.17) is 24.9 Å². The van der Waals surface area contributed by atoms with Gasteiger partial charge in [0, 0.05) is 5.56 Å². The molecular weight excluding hydrogens is 543 g/mol. The number of nitrogens with two attached hydrogens (primary N) is 1. The highest BCUT2D eigenvalue weighted by atomic mass is 31.2. The van der Waals surface area contributed by atoms with Crippen molar-refractivity contribution in [2.75, 3.05) is 6.54 Å². The van der Waals surface area contributed by atoms with E-state index in [1.165, 1.54) is 0 Å². The van der Waals surface area contributed by atoms with Gasteiger partial charge in [-0.15, -0.1) is 0 Å². The van der Waals surface area contributed by atoms with Crippen molar-refractivity contribution >= 4 is 25.4 Å². The lowest BCUT2D eigenvalue weighted by molar-refractivity contribution is -0.120. The zero-order valence-corrected chi connectivity index (χ0v) is 22.8. The molecule has 11 heteroatoms. The van der Waals surface area contributed by atoms with Gasteiger partial charge in [0.15, 0.2) is 5.78 Å². The fourth-order valence-corrected chi connectivity index (χ4v) is 5.62.